The minimum absolute atomic E-state index is 0.935. The number of piperazine rings is 1. The maximum atomic E-state index is 3.62. The minimum Gasteiger partial charge on any atom is -0.369 e. The Hall–Kier alpha value is -0.580. The average molecular weight is 340 g/mol. The summed E-state index contributed by atoms with van der Waals surface area (Å²) in [7, 11) is 4.29. The molecule has 1 saturated heterocycles. The van der Waals surface area contributed by atoms with Crippen LogP contribution in [0.4, 0.5) is 5.69 Å². The first kappa shape index (κ1) is 15.8. The van der Waals surface area contributed by atoms with E-state index in [1.165, 1.54) is 36.4 Å². The normalized spacial score (nSPS) is 16.9. The van der Waals surface area contributed by atoms with Crippen LogP contribution in [0.1, 0.15) is 11.1 Å². The van der Waals surface area contributed by atoms with Crippen LogP contribution in [0.15, 0.2) is 18.2 Å². The molecule has 1 aliphatic rings. The summed E-state index contributed by atoms with van der Waals surface area (Å²) in [5, 5.41) is 0.935. The average Bonchev–Trinajstić information content (AvgIpc) is 2.45. The van der Waals surface area contributed by atoms with Crippen LogP contribution in [0, 0.1) is 6.92 Å². The summed E-state index contributed by atoms with van der Waals surface area (Å²) >= 11 is 3.62. The number of likely N-dealkylation sites (N-methyl/N-ethyl adjacent to an activating group) is 1. The topological polar surface area (TPSA) is 9.72 Å². The summed E-state index contributed by atoms with van der Waals surface area (Å²) < 4.78 is 0. The van der Waals surface area contributed by atoms with Crippen molar-refractivity contribution in [2.24, 2.45) is 0 Å². The van der Waals surface area contributed by atoms with Crippen LogP contribution < -0.4 is 4.90 Å². The lowest BCUT2D eigenvalue weighted by molar-refractivity contribution is 0.229. The Kier molecular flexibility index (Phi) is 5.87. The van der Waals surface area contributed by atoms with Crippen molar-refractivity contribution in [2.45, 2.75) is 12.3 Å². The van der Waals surface area contributed by atoms with Gasteiger partial charge in [-0.15, -0.1) is 0 Å². The molecule has 0 aliphatic carbocycles. The number of halogens is 1. The van der Waals surface area contributed by atoms with Crippen LogP contribution in [-0.4, -0.2) is 63.2 Å². The Morgan fingerprint density at radius 3 is 2.45 bits per heavy atom. The van der Waals surface area contributed by atoms with Gasteiger partial charge in [-0.1, -0.05) is 33.6 Å². The number of aryl methyl sites for hydroxylation is 1. The zero-order valence-electron chi connectivity index (χ0n) is 12.9. The zero-order chi connectivity index (χ0) is 14.5. The van der Waals surface area contributed by atoms with Gasteiger partial charge in [0.2, 0.25) is 0 Å². The molecule has 0 N–H and O–H groups in total. The molecular formula is C16H26BrN3. The first-order chi connectivity index (χ1) is 9.60. The van der Waals surface area contributed by atoms with E-state index in [0.29, 0.717) is 0 Å². The summed E-state index contributed by atoms with van der Waals surface area (Å²) in [4.78, 5) is 7.36. The van der Waals surface area contributed by atoms with E-state index in [-0.39, 0.29) is 0 Å². The van der Waals surface area contributed by atoms with E-state index in [9.17, 15) is 0 Å². The number of alkyl halides is 1. The van der Waals surface area contributed by atoms with Crippen molar-refractivity contribution in [2.75, 3.05) is 58.3 Å². The summed E-state index contributed by atoms with van der Waals surface area (Å²) in [6, 6.07) is 6.80. The smallest absolute Gasteiger partial charge is 0.0408 e. The van der Waals surface area contributed by atoms with Crippen molar-refractivity contribution in [1.29, 1.82) is 0 Å². The van der Waals surface area contributed by atoms with E-state index in [0.717, 1.165) is 25.0 Å². The molecule has 0 bridgehead atoms. The summed E-state index contributed by atoms with van der Waals surface area (Å²) in [5.41, 5.74) is 4.15. The summed E-state index contributed by atoms with van der Waals surface area (Å²) in [5.74, 6) is 0. The molecule has 0 spiro atoms. The SMILES string of the molecule is Cc1ccc(N2CCN(CCN(C)C)CC2)c(CBr)c1. The highest BCUT2D eigenvalue weighted by Crippen LogP contribution is 2.25. The van der Waals surface area contributed by atoms with Crippen LogP contribution in [-0.2, 0) is 5.33 Å². The van der Waals surface area contributed by atoms with Gasteiger partial charge in [-0.05, 0) is 32.6 Å². The minimum atomic E-state index is 0.935. The fraction of sp³-hybridized carbons (Fsp3) is 0.625. The standard InChI is InChI=1S/C16H26BrN3/c1-14-4-5-16(15(12-14)13-17)20-10-8-19(9-11-20)7-6-18(2)3/h4-5,12H,6-11,13H2,1-3H3. The summed E-state index contributed by atoms with van der Waals surface area (Å²) in [6.45, 7) is 9.10. The predicted molar refractivity (Wildman–Crippen MR) is 91.0 cm³/mol. The van der Waals surface area contributed by atoms with Gasteiger partial charge in [-0.25, -0.2) is 0 Å². The molecule has 0 radical (unpaired) electrons. The molecule has 20 heavy (non-hydrogen) atoms. The molecule has 1 fully saturated rings. The number of nitrogens with zero attached hydrogens (tertiary/aromatic N) is 3. The Bertz CT molecular complexity index is 426. The van der Waals surface area contributed by atoms with E-state index in [1.807, 2.05) is 0 Å². The molecule has 112 valence electrons. The van der Waals surface area contributed by atoms with Gasteiger partial charge >= 0.3 is 0 Å². The van der Waals surface area contributed by atoms with E-state index < -0.39 is 0 Å². The van der Waals surface area contributed by atoms with E-state index in [1.54, 1.807) is 0 Å². The number of rotatable bonds is 5. The molecule has 1 aromatic rings. The molecular weight excluding hydrogens is 314 g/mol. The molecule has 0 amide bonds. The predicted octanol–water partition coefficient (Wildman–Crippen LogP) is 2.57. The molecule has 0 aromatic heterocycles. The Labute approximate surface area is 131 Å². The molecule has 1 aromatic carbocycles. The molecule has 0 atom stereocenters. The van der Waals surface area contributed by atoms with Gasteiger partial charge in [0.15, 0.2) is 0 Å². The third-order valence-electron chi connectivity index (χ3n) is 3.96. The Morgan fingerprint density at radius 2 is 1.85 bits per heavy atom. The monoisotopic (exact) mass is 339 g/mol. The maximum absolute atomic E-state index is 3.62. The van der Waals surface area contributed by atoms with Gasteiger partial charge in [-0.2, -0.15) is 0 Å². The van der Waals surface area contributed by atoms with Crippen LogP contribution in [0.2, 0.25) is 0 Å². The fourth-order valence-corrected chi connectivity index (χ4v) is 3.13. The number of hydrogen-bond donors (Lipinski definition) is 0. The van der Waals surface area contributed by atoms with Crippen LogP contribution in [0.25, 0.3) is 0 Å². The van der Waals surface area contributed by atoms with Crippen molar-refractivity contribution in [3.63, 3.8) is 0 Å². The second kappa shape index (κ2) is 7.43. The quantitative estimate of drug-likeness (QED) is 0.763. The molecule has 1 heterocycles. The third-order valence-corrected chi connectivity index (χ3v) is 4.56. The van der Waals surface area contributed by atoms with Crippen molar-refractivity contribution in [3.8, 4) is 0 Å². The van der Waals surface area contributed by atoms with Gasteiger partial charge < -0.3 is 9.80 Å². The van der Waals surface area contributed by atoms with E-state index >= 15 is 0 Å². The highest BCUT2D eigenvalue weighted by atomic mass is 79.9. The molecule has 3 nitrogen and oxygen atoms in total. The van der Waals surface area contributed by atoms with Crippen molar-refractivity contribution in [1.82, 2.24) is 9.80 Å². The number of anilines is 1. The highest BCUT2D eigenvalue weighted by Gasteiger charge is 2.18. The van der Waals surface area contributed by atoms with Gasteiger partial charge in [0.1, 0.15) is 0 Å². The van der Waals surface area contributed by atoms with Crippen LogP contribution in [0.5, 0.6) is 0 Å². The zero-order valence-corrected chi connectivity index (χ0v) is 14.5. The fourth-order valence-electron chi connectivity index (χ4n) is 2.68. The molecule has 4 heteroatoms. The largest absolute Gasteiger partial charge is 0.369 e. The first-order valence-corrected chi connectivity index (χ1v) is 8.50. The Morgan fingerprint density at radius 1 is 1.15 bits per heavy atom. The van der Waals surface area contributed by atoms with E-state index in [4.69, 9.17) is 0 Å². The molecule has 0 saturated carbocycles. The second-order valence-corrected chi connectivity index (χ2v) is 6.46. The lowest BCUT2D eigenvalue weighted by Gasteiger charge is -2.37. The van der Waals surface area contributed by atoms with Gasteiger partial charge in [0.05, 0.1) is 0 Å². The lowest BCUT2D eigenvalue weighted by Crippen LogP contribution is -2.48. The Balaban J connectivity index is 1.93. The maximum Gasteiger partial charge on any atom is 0.0408 e. The summed E-state index contributed by atoms with van der Waals surface area (Å²) in [6.07, 6.45) is 0. The first-order valence-electron chi connectivity index (χ1n) is 7.37. The van der Waals surface area contributed by atoms with Gasteiger partial charge in [0.25, 0.3) is 0 Å². The number of benzene rings is 1. The second-order valence-electron chi connectivity index (χ2n) is 5.90. The van der Waals surface area contributed by atoms with Crippen molar-refractivity contribution < 1.29 is 0 Å². The van der Waals surface area contributed by atoms with Gasteiger partial charge in [0, 0.05) is 50.3 Å². The number of hydrogen-bond acceptors (Lipinski definition) is 3. The van der Waals surface area contributed by atoms with Crippen LogP contribution >= 0.6 is 15.9 Å². The van der Waals surface area contributed by atoms with Crippen molar-refractivity contribution >= 4 is 21.6 Å². The molecule has 1 aliphatic heterocycles. The third kappa shape index (κ3) is 4.21. The van der Waals surface area contributed by atoms with Gasteiger partial charge in [-0.3, -0.25) is 4.90 Å². The van der Waals surface area contributed by atoms with Crippen molar-refractivity contribution in [3.05, 3.63) is 29.3 Å². The molecule has 0 unspecified atom stereocenters. The molecule has 2 rings (SSSR count). The highest BCUT2D eigenvalue weighted by molar-refractivity contribution is 9.08. The van der Waals surface area contributed by atoms with Crippen LogP contribution in [0.3, 0.4) is 0 Å². The van der Waals surface area contributed by atoms with E-state index in [2.05, 4.69) is 69.8 Å². The lowest BCUT2D eigenvalue weighted by atomic mass is 10.1.